The van der Waals surface area contributed by atoms with E-state index in [0.29, 0.717) is 6.04 Å². The van der Waals surface area contributed by atoms with Gasteiger partial charge >= 0.3 is 0 Å². The standard InChI is InChI=1S/C13H17NOS/c15-13(14-10-5-1-2-6-10)12-8-9-4-3-7-11(9)16-12/h8,10H,1-7H2,(H,14,15). The highest BCUT2D eigenvalue weighted by atomic mass is 32.1. The van der Waals surface area contributed by atoms with E-state index in [1.54, 1.807) is 11.3 Å². The van der Waals surface area contributed by atoms with Crippen molar-refractivity contribution in [2.75, 3.05) is 0 Å². The van der Waals surface area contributed by atoms with Crippen LogP contribution in [0.25, 0.3) is 0 Å². The summed E-state index contributed by atoms with van der Waals surface area (Å²) in [6.45, 7) is 0. The van der Waals surface area contributed by atoms with Crippen LogP contribution in [0.2, 0.25) is 0 Å². The third-order valence-electron chi connectivity index (χ3n) is 3.66. The zero-order chi connectivity index (χ0) is 11.0. The summed E-state index contributed by atoms with van der Waals surface area (Å²) in [5, 5.41) is 3.16. The Morgan fingerprint density at radius 2 is 2.06 bits per heavy atom. The van der Waals surface area contributed by atoms with Gasteiger partial charge in [-0.2, -0.15) is 0 Å². The quantitative estimate of drug-likeness (QED) is 0.839. The summed E-state index contributed by atoms with van der Waals surface area (Å²) in [5.74, 6) is 0.159. The molecule has 0 aliphatic heterocycles. The Balaban J connectivity index is 1.69. The van der Waals surface area contributed by atoms with Gasteiger partial charge in [0, 0.05) is 10.9 Å². The highest BCUT2D eigenvalue weighted by Crippen LogP contribution is 2.30. The Hall–Kier alpha value is -0.830. The van der Waals surface area contributed by atoms with Gasteiger partial charge in [-0.3, -0.25) is 4.79 Å². The minimum absolute atomic E-state index is 0.159. The second kappa shape index (κ2) is 4.21. The molecule has 0 spiro atoms. The van der Waals surface area contributed by atoms with E-state index >= 15 is 0 Å². The van der Waals surface area contributed by atoms with Crippen molar-refractivity contribution in [3.8, 4) is 0 Å². The van der Waals surface area contributed by atoms with Crippen LogP contribution in [0.5, 0.6) is 0 Å². The molecule has 1 heterocycles. The molecule has 1 saturated carbocycles. The summed E-state index contributed by atoms with van der Waals surface area (Å²) >= 11 is 1.70. The molecule has 2 aliphatic rings. The second-order valence-corrected chi connectivity index (χ2v) is 6.00. The van der Waals surface area contributed by atoms with Crippen molar-refractivity contribution < 1.29 is 4.79 Å². The van der Waals surface area contributed by atoms with Crippen molar-refractivity contribution in [3.05, 3.63) is 21.4 Å². The van der Waals surface area contributed by atoms with Gasteiger partial charge in [0.2, 0.25) is 0 Å². The van der Waals surface area contributed by atoms with E-state index < -0.39 is 0 Å². The number of thiophene rings is 1. The maximum atomic E-state index is 12.0. The van der Waals surface area contributed by atoms with Gasteiger partial charge in [-0.05, 0) is 43.7 Å². The van der Waals surface area contributed by atoms with Crippen molar-refractivity contribution >= 4 is 17.2 Å². The fourth-order valence-electron chi connectivity index (χ4n) is 2.77. The molecule has 1 fully saturated rings. The number of hydrogen-bond donors (Lipinski definition) is 1. The van der Waals surface area contributed by atoms with Crippen molar-refractivity contribution in [3.63, 3.8) is 0 Å². The molecule has 86 valence electrons. The third kappa shape index (κ3) is 1.88. The van der Waals surface area contributed by atoms with Crippen molar-refractivity contribution in [2.24, 2.45) is 0 Å². The fourth-order valence-corrected chi connectivity index (χ4v) is 3.92. The Morgan fingerprint density at radius 1 is 1.25 bits per heavy atom. The molecule has 0 atom stereocenters. The lowest BCUT2D eigenvalue weighted by Gasteiger charge is -2.10. The first-order valence-corrected chi connectivity index (χ1v) is 7.07. The molecule has 3 rings (SSSR count). The van der Waals surface area contributed by atoms with E-state index in [1.807, 2.05) is 0 Å². The van der Waals surface area contributed by atoms with E-state index in [4.69, 9.17) is 0 Å². The highest BCUT2D eigenvalue weighted by molar-refractivity contribution is 7.14. The number of hydrogen-bond acceptors (Lipinski definition) is 2. The van der Waals surface area contributed by atoms with Crippen LogP contribution in [-0.4, -0.2) is 11.9 Å². The molecule has 2 aliphatic carbocycles. The van der Waals surface area contributed by atoms with Gasteiger partial charge in [-0.15, -0.1) is 11.3 Å². The van der Waals surface area contributed by atoms with E-state index in [1.165, 1.54) is 42.5 Å². The van der Waals surface area contributed by atoms with Crippen LogP contribution >= 0.6 is 11.3 Å². The summed E-state index contributed by atoms with van der Waals surface area (Å²) in [4.78, 5) is 14.4. The van der Waals surface area contributed by atoms with Crippen LogP contribution < -0.4 is 5.32 Å². The van der Waals surface area contributed by atoms with E-state index in [-0.39, 0.29) is 5.91 Å². The summed E-state index contributed by atoms with van der Waals surface area (Å²) in [6.07, 6.45) is 8.48. The molecule has 1 aromatic rings. The van der Waals surface area contributed by atoms with Gasteiger partial charge in [0.15, 0.2) is 0 Å². The Bertz CT molecular complexity index is 383. The molecule has 16 heavy (non-hydrogen) atoms. The zero-order valence-electron chi connectivity index (χ0n) is 9.42. The molecule has 2 nitrogen and oxygen atoms in total. The van der Waals surface area contributed by atoms with E-state index in [9.17, 15) is 4.79 Å². The number of carbonyl (C=O) groups is 1. The lowest BCUT2D eigenvalue weighted by molar-refractivity contribution is 0.0942. The highest BCUT2D eigenvalue weighted by Gasteiger charge is 2.21. The third-order valence-corrected chi connectivity index (χ3v) is 4.90. The van der Waals surface area contributed by atoms with Crippen LogP contribution in [0, 0.1) is 0 Å². The van der Waals surface area contributed by atoms with Gasteiger partial charge in [0.1, 0.15) is 0 Å². The van der Waals surface area contributed by atoms with Crippen LogP contribution in [0.1, 0.15) is 52.2 Å². The van der Waals surface area contributed by atoms with Gasteiger partial charge in [-0.25, -0.2) is 0 Å². The van der Waals surface area contributed by atoms with E-state index in [2.05, 4.69) is 11.4 Å². The Labute approximate surface area is 100 Å². The summed E-state index contributed by atoms with van der Waals surface area (Å²) in [6, 6.07) is 2.54. The first-order chi connectivity index (χ1) is 7.83. The topological polar surface area (TPSA) is 29.1 Å². The molecule has 0 aromatic carbocycles. The number of nitrogens with one attached hydrogen (secondary N) is 1. The van der Waals surface area contributed by atoms with Gasteiger partial charge < -0.3 is 5.32 Å². The molecular formula is C13H17NOS. The molecule has 1 N–H and O–H groups in total. The molecule has 0 unspecified atom stereocenters. The number of aryl methyl sites for hydroxylation is 2. The van der Waals surface area contributed by atoms with Crippen molar-refractivity contribution in [2.45, 2.75) is 51.0 Å². The van der Waals surface area contributed by atoms with Crippen molar-refractivity contribution in [1.29, 1.82) is 0 Å². The normalized spacial score (nSPS) is 20.0. The summed E-state index contributed by atoms with van der Waals surface area (Å²) in [5.41, 5.74) is 1.42. The van der Waals surface area contributed by atoms with Crippen LogP contribution in [-0.2, 0) is 12.8 Å². The number of rotatable bonds is 2. The zero-order valence-corrected chi connectivity index (χ0v) is 10.2. The van der Waals surface area contributed by atoms with Gasteiger partial charge in [0.05, 0.1) is 4.88 Å². The summed E-state index contributed by atoms with van der Waals surface area (Å²) in [7, 11) is 0. The van der Waals surface area contributed by atoms with Crippen LogP contribution in [0.3, 0.4) is 0 Å². The first kappa shape index (κ1) is 10.3. The Kier molecular flexibility index (Phi) is 2.72. The minimum Gasteiger partial charge on any atom is -0.349 e. The molecule has 0 saturated heterocycles. The Morgan fingerprint density at radius 3 is 2.81 bits per heavy atom. The average molecular weight is 235 g/mol. The first-order valence-electron chi connectivity index (χ1n) is 6.25. The molecule has 0 radical (unpaired) electrons. The van der Waals surface area contributed by atoms with Crippen molar-refractivity contribution in [1.82, 2.24) is 5.32 Å². The number of fused-ring (bicyclic) bond motifs is 1. The lowest BCUT2D eigenvalue weighted by Crippen LogP contribution is -2.31. The summed E-state index contributed by atoms with van der Waals surface area (Å²) < 4.78 is 0. The maximum Gasteiger partial charge on any atom is 0.261 e. The van der Waals surface area contributed by atoms with Crippen LogP contribution in [0.4, 0.5) is 0 Å². The maximum absolute atomic E-state index is 12.0. The molecule has 3 heteroatoms. The molecule has 1 aromatic heterocycles. The largest absolute Gasteiger partial charge is 0.349 e. The SMILES string of the molecule is O=C(NC1CCCC1)c1cc2c(s1)CCC2. The lowest BCUT2D eigenvalue weighted by atomic mass is 10.2. The predicted molar refractivity (Wildman–Crippen MR) is 66.1 cm³/mol. The predicted octanol–water partition coefficient (Wildman–Crippen LogP) is 2.91. The smallest absolute Gasteiger partial charge is 0.261 e. The second-order valence-electron chi connectivity index (χ2n) is 4.87. The number of carbonyl (C=O) groups excluding carboxylic acids is 1. The monoisotopic (exact) mass is 235 g/mol. The molecule has 1 amide bonds. The average Bonchev–Trinajstić information content (AvgIpc) is 2.91. The molecular weight excluding hydrogens is 218 g/mol. The minimum atomic E-state index is 0.159. The fraction of sp³-hybridized carbons (Fsp3) is 0.615. The number of amides is 1. The van der Waals surface area contributed by atoms with E-state index in [0.717, 1.165) is 17.7 Å². The van der Waals surface area contributed by atoms with Gasteiger partial charge in [-0.1, -0.05) is 12.8 Å². The molecule has 0 bridgehead atoms. The van der Waals surface area contributed by atoms with Gasteiger partial charge in [0.25, 0.3) is 5.91 Å². The van der Waals surface area contributed by atoms with Crippen LogP contribution in [0.15, 0.2) is 6.07 Å².